The predicted octanol–water partition coefficient (Wildman–Crippen LogP) is 2.68. The van der Waals surface area contributed by atoms with E-state index in [0.717, 1.165) is 21.3 Å². The molecule has 2 rings (SSSR count). The first kappa shape index (κ1) is 17.5. The number of furan rings is 1. The molecule has 0 fully saturated rings. The van der Waals surface area contributed by atoms with E-state index in [2.05, 4.69) is 15.6 Å². The van der Waals surface area contributed by atoms with Crippen molar-refractivity contribution in [2.75, 3.05) is 6.54 Å². The van der Waals surface area contributed by atoms with E-state index in [1.807, 2.05) is 20.8 Å². The Bertz CT molecular complexity index is 703. The minimum absolute atomic E-state index is 0.0966. The van der Waals surface area contributed by atoms with Crippen molar-refractivity contribution >= 4 is 17.4 Å². The average molecular weight is 337 g/mol. The lowest BCUT2D eigenvalue weighted by Gasteiger charge is -2.23. The number of aliphatic hydroxyl groups is 1. The maximum Gasteiger partial charge on any atom is 0.315 e. The summed E-state index contributed by atoms with van der Waals surface area (Å²) in [5, 5.41) is 17.0. The van der Waals surface area contributed by atoms with E-state index in [1.54, 1.807) is 31.3 Å². The summed E-state index contributed by atoms with van der Waals surface area (Å²) in [5.74, 6) is 1.39. The van der Waals surface area contributed by atoms with Crippen molar-refractivity contribution in [1.82, 2.24) is 15.6 Å². The number of aryl methyl sites for hydroxylation is 4. The second kappa shape index (κ2) is 6.72. The molecular weight excluding hydrogens is 314 g/mol. The maximum absolute atomic E-state index is 11.9. The fraction of sp³-hybridized carbons (Fsp3) is 0.500. The minimum atomic E-state index is -1.18. The number of amides is 2. The van der Waals surface area contributed by atoms with Gasteiger partial charge in [0.2, 0.25) is 0 Å². The van der Waals surface area contributed by atoms with E-state index < -0.39 is 5.60 Å². The van der Waals surface area contributed by atoms with Gasteiger partial charge in [-0.05, 0) is 40.7 Å². The molecule has 1 unspecified atom stereocenters. The SMILES string of the molecule is Cc1cc(C(C)(O)CNC(=O)NCc2sc(C)nc2C)c(C)o1. The molecule has 126 valence electrons. The molecule has 0 saturated carbocycles. The van der Waals surface area contributed by atoms with Crippen molar-refractivity contribution < 1.29 is 14.3 Å². The second-order valence-corrected chi connectivity index (χ2v) is 7.17. The fourth-order valence-corrected chi connectivity index (χ4v) is 3.35. The molecule has 0 aliphatic heterocycles. The zero-order chi connectivity index (χ0) is 17.2. The standard InChI is InChI=1S/C16H23N3O3S/c1-9-6-13(11(3)22-9)16(5,21)8-18-15(20)17-7-14-10(2)19-12(4)23-14/h6,21H,7-8H2,1-5H3,(H2,17,18,20). The lowest BCUT2D eigenvalue weighted by atomic mass is 9.96. The molecular formula is C16H23N3O3S. The topological polar surface area (TPSA) is 87.4 Å². The summed E-state index contributed by atoms with van der Waals surface area (Å²) in [4.78, 5) is 17.3. The van der Waals surface area contributed by atoms with Gasteiger partial charge in [-0.25, -0.2) is 9.78 Å². The van der Waals surface area contributed by atoms with E-state index in [0.29, 0.717) is 17.9 Å². The molecule has 23 heavy (non-hydrogen) atoms. The van der Waals surface area contributed by atoms with Crippen molar-refractivity contribution in [2.45, 2.75) is 46.8 Å². The third kappa shape index (κ3) is 4.33. The molecule has 0 aliphatic carbocycles. The van der Waals surface area contributed by atoms with E-state index in [4.69, 9.17) is 4.42 Å². The number of aromatic nitrogens is 1. The van der Waals surface area contributed by atoms with Crippen molar-refractivity contribution in [3.63, 3.8) is 0 Å². The number of nitrogens with one attached hydrogen (secondary N) is 2. The van der Waals surface area contributed by atoms with Crippen LogP contribution in [0, 0.1) is 27.7 Å². The van der Waals surface area contributed by atoms with Crippen molar-refractivity contribution in [1.29, 1.82) is 0 Å². The number of hydrogen-bond donors (Lipinski definition) is 3. The van der Waals surface area contributed by atoms with Crippen LogP contribution in [0.15, 0.2) is 10.5 Å². The lowest BCUT2D eigenvalue weighted by molar-refractivity contribution is 0.0579. The van der Waals surface area contributed by atoms with Gasteiger partial charge in [0.1, 0.15) is 17.1 Å². The molecule has 0 spiro atoms. The third-order valence-corrected chi connectivity index (χ3v) is 4.70. The maximum atomic E-state index is 11.9. The Morgan fingerprint density at radius 1 is 1.35 bits per heavy atom. The fourth-order valence-electron chi connectivity index (χ4n) is 2.47. The van der Waals surface area contributed by atoms with Gasteiger partial charge >= 0.3 is 6.03 Å². The van der Waals surface area contributed by atoms with Gasteiger partial charge in [-0.1, -0.05) is 0 Å². The number of rotatable bonds is 5. The van der Waals surface area contributed by atoms with E-state index in [-0.39, 0.29) is 12.6 Å². The summed E-state index contributed by atoms with van der Waals surface area (Å²) >= 11 is 1.57. The van der Waals surface area contributed by atoms with Gasteiger partial charge in [-0.3, -0.25) is 0 Å². The van der Waals surface area contributed by atoms with Crippen LogP contribution in [0.1, 0.15) is 39.6 Å². The third-order valence-electron chi connectivity index (χ3n) is 3.62. The van der Waals surface area contributed by atoms with Gasteiger partial charge in [0.15, 0.2) is 0 Å². The Morgan fingerprint density at radius 2 is 2.04 bits per heavy atom. The molecule has 0 aliphatic rings. The summed E-state index contributed by atoms with van der Waals surface area (Å²) in [6.45, 7) is 9.66. The van der Waals surface area contributed by atoms with Crippen LogP contribution in [0.4, 0.5) is 4.79 Å². The largest absolute Gasteiger partial charge is 0.466 e. The Morgan fingerprint density at radius 3 is 2.57 bits per heavy atom. The number of carbonyl (C=O) groups excluding carboxylic acids is 1. The van der Waals surface area contributed by atoms with Crippen LogP contribution >= 0.6 is 11.3 Å². The van der Waals surface area contributed by atoms with Crippen molar-refractivity contribution in [3.8, 4) is 0 Å². The number of hydrogen-bond acceptors (Lipinski definition) is 5. The van der Waals surface area contributed by atoms with Crippen LogP contribution < -0.4 is 10.6 Å². The second-order valence-electron chi connectivity index (χ2n) is 5.88. The summed E-state index contributed by atoms with van der Waals surface area (Å²) in [7, 11) is 0. The van der Waals surface area contributed by atoms with Gasteiger partial charge in [-0.2, -0.15) is 0 Å². The molecule has 1 atom stereocenters. The number of urea groups is 1. The average Bonchev–Trinajstić information content (AvgIpc) is 2.96. The van der Waals surface area contributed by atoms with Gasteiger partial charge < -0.3 is 20.2 Å². The van der Waals surface area contributed by atoms with Crippen LogP contribution in [-0.2, 0) is 12.1 Å². The summed E-state index contributed by atoms with van der Waals surface area (Å²) in [6.07, 6.45) is 0. The van der Waals surface area contributed by atoms with Crippen molar-refractivity contribution in [3.05, 3.63) is 38.7 Å². The molecule has 2 heterocycles. The molecule has 7 heteroatoms. The highest BCUT2D eigenvalue weighted by Gasteiger charge is 2.28. The Hall–Kier alpha value is -1.86. The van der Waals surface area contributed by atoms with Gasteiger partial charge in [0.05, 0.1) is 23.8 Å². The van der Waals surface area contributed by atoms with Crippen LogP contribution in [0.3, 0.4) is 0 Å². The Balaban J connectivity index is 1.88. The zero-order valence-corrected chi connectivity index (χ0v) is 14.9. The van der Waals surface area contributed by atoms with E-state index in [9.17, 15) is 9.90 Å². The monoisotopic (exact) mass is 337 g/mol. The molecule has 2 aromatic rings. The number of carbonyl (C=O) groups is 1. The Labute approximate surface area is 139 Å². The van der Waals surface area contributed by atoms with Crippen LogP contribution in [0.25, 0.3) is 0 Å². The summed E-state index contributed by atoms with van der Waals surface area (Å²) in [5.41, 5.74) is 0.435. The predicted molar refractivity (Wildman–Crippen MR) is 89.6 cm³/mol. The molecule has 6 nitrogen and oxygen atoms in total. The smallest absolute Gasteiger partial charge is 0.315 e. The molecule has 3 N–H and O–H groups in total. The van der Waals surface area contributed by atoms with E-state index >= 15 is 0 Å². The first-order valence-corrected chi connectivity index (χ1v) is 8.25. The Kier molecular flexibility index (Phi) is 5.11. The number of nitrogens with zero attached hydrogens (tertiary/aromatic N) is 1. The first-order valence-electron chi connectivity index (χ1n) is 7.43. The molecule has 0 aromatic carbocycles. The minimum Gasteiger partial charge on any atom is -0.466 e. The van der Waals surface area contributed by atoms with Crippen LogP contribution in [-0.4, -0.2) is 22.7 Å². The van der Waals surface area contributed by atoms with Gasteiger partial charge in [0.25, 0.3) is 0 Å². The van der Waals surface area contributed by atoms with Gasteiger partial charge in [-0.15, -0.1) is 11.3 Å². The summed E-state index contributed by atoms with van der Waals surface area (Å²) in [6, 6.07) is 1.46. The molecule has 0 radical (unpaired) electrons. The zero-order valence-electron chi connectivity index (χ0n) is 14.1. The highest BCUT2D eigenvalue weighted by molar-refractivity contribution is 7.11. The highest BCUT2D eigenvalue weighted by Crippen LogP contribution is 2.26. The summed E-state index contributed by atoms with van der Waals surface area (Å²) < 4.78 is 5.43. The lowest BCUT2D eigenvalue weighted by Crippen LogP contribution is -2.43. The van der Waals surface area contributed by atoms with E-state index in [1.165, 1.54) is 0 Å². The van der Waals surface area contributed by atoms with Crippen LogP contribution in [0.2, 0.25) is 0 Å². The molecule has 2 aromatic heterocycles. The van der Waals surface area contributed by atoms with Gasteiger partial charge in [0, 0.05) is 10.4 Å². The quantitative estimate of drug-likeness (QED) is 0.783. The van der Waals surface area contributed by atoms with Crippen LogP contribution in [0.5, 0.6) is 0 Å². The molecule has 0 bridgehead atoms. The highest BCUT2D eigenvalue weighted by atomic mass is 32.1. The number of thiazole rings is 1. The molecule has 0 saturated heterocycles. The van der Waals surface area contributed by atoms with Crippen molar-refractivity contribution in [2.24, 2.45) is 0 Å². The normalized spacial score (nSPS) is 13.7. The molecule has 2 amide bonds. The first-order chi connectivity index (χ1) is 10.7.